The molecule has 6 heteroatoms. The van der Waals surface area contributed by atoms with E-state index in [1.165, 1.54) is 37.6 Å². The summed E-state index contributed by atoms with van der Waals surface area (Å²) in [6, 6.07) is 7.34. The zero-order valence-corrected chi connectivity index (χ0v) is 12.7. The third-order valence-electron chi connectivity index (χ3n) is 2.83. The van der Waals surface area contributed by atoms with Crippen molar-refractivity contribution in [2.24, 2.45) is 0 Å². The fourth-order valence-corrected chi connectivity index (χ4v) is 2.25. The molecule has 0 unspecified atom stereocenters. The number of aromatic nitrogens is 1. The highest BCUT2D eigenvalue weighted by Gasteiger charge is 2.19. The predicted molar refractivity (Wildman–Crippen MR) is 77.7 cm³/mol. The molecule has 4 nitrogen and oxygen atoms in total. The summed E-state index contributed by atoms with van der Waals surface area (Å²) in [6.45, 7) is 0. The number of nitrogens with zero attached hydrogens (tertiary/aromatic N) is 1. The fourth-order valence-electron chi connectivity index (χ4n) is 1.82. The lowest BCUT2D eigenvalue weighted by Crippen LogP contribution is -2.14. The average molecular weight is 352 g/mol. The standard InChI is InChI=1S/C15H11BrFNO3/c1-21-15(20)10-3-2-6-18-14(10)13(19)8-9-4-5-12(17)11(16)7-9/h2-7H,8H2,1H3. The summed E-state index contributed by atoms with van der Waals surface area (Å²) in [4.78, 5) is 27.8. The number of Topliss-reactive ketones (excluding diaryl/α,β-unsaturated/α-hetero) is 1. The van der Waals surface area contributed by atoms with Crippen molar-refractivity contribution < 1.29 is 18.7 Å². The number of rotatable bonds is 4. The number of benzene rings is 1. The van der Waals surface area contributed by atoms with Gasteiger partial charge in [-0.2, -0.15) is 0 Å². The van der Waals surface area contributed by atoms with Crippen LogP contribution >= 0.6 is 15.9 Å². The maximum absolute atomic E-state index is 13.2. The summed E-state index contributed by atoms with van der Waals surface area (Å²) in [5.41, 5.74) is 0.783. The Labute approximate surface area is 129 Å². The van der Waals surface area contributed by atoms with Crippen molar-refractivity contribution in [3.8, 4) is 0 Å². The molecule has 0 aliphatic heterocycles. The summed E-state index contributed by atoms with van der Waals surface area (Å²) in [7, 11) is 1.24. The number of hydrogen-bond donors (Lipinski definition) is 0. The van der Waals surface area contributed by atoms with Gasteiger partial charge >= 0.3 is 5.97 Å². The van der Waals surface area contributed by atoms with Gasteiger partial charge in [0.1, 0.15) is 11.5 Å². The van der Waals surface area contributed by atoms with Gasteiger partial charge in [0.05, 0.1) is 17.1 Å². The van der Waals surface area contributed by atoms with Crippen LogP contribution < -0.4 is 0 Å². The van der Waals surface area contributed by atoms with E-state index in [1.54, 1.807) is 6.07 Å². The zero-order valence-electron chi connectivity index (χ0n) is 11.1. The maximum atomic E-state index is 13.2. The first-order valence-corrected chi connectivity index (χ1v) is 6.82. The number of ketones is 1. The largest absolute Gasteiger partial charge is 0.465 e. The Kier molecular flexibility index (Phi) is 4.80. The molecule has 0 atom stereocenters. The first-order chi connectivity index (χ1) is 10.0. The summed E-state index contributed by atoms with van der Waals surface area (Å²) in [5, 5.41) is 0. The van der Waals surface area contributed by atoms with E-state index in [2.05, 4.69) is 25.7 Å². The number of hydrogen-bond acceptors (Lipinski definition) is 4. The lowest BCUT2D eigenvalue weighted by Gasteiger charge is -2.06. The molecule has 0 spiro atoms. The van der Waals surface area contributed by atoms with Gasteiger partial charge in [0, 0.05) is 12.6 Å². The van der Waals surface area contributed by atoms with Crippen LogP contribution in [0.1, 0.15) is 26.4 Å². The Hall–Kier alpha value is -2.08. The summed E-state index contributed by atoms with van der Waals surface area (Å²) in [6.07, 6.45) is 1.44. The van der Waals surface area contributed by atoms with Gasteiger partial charge < -0.3 is 4.74 Å². The Bertz CT molecular complexity index is 703. The molecule has 2 aromatic rings. The van der Waals surface area contributed by atoms with Gasteiger partial charge in [0.15, 0.2) is 5.78 Å². The van der Waals surface area contributed by atoms with Crippen molar-refractivity contribution in [3.63, 3.8) is 0 Å². The molecular weight excluding hydrogens is 341 g/mol. The maximum Gasteiger partial charge on any atom is 0.340 e. The highest BCUT2D eigenvalue weighted by molar-refractivity contribution is 9.10. The lowest BCUT2D eigenvalue weighted by atomic mass is 10.0. The second-order valence-electron chi connectivity index (χ2n) is 4.24. The van der Waals surface area contributed by atoms with Crippen LogP contribution in [0, 0.1) is 5.82 Å². The SMILES string of the molecule is COC(=O)c1cccnc1C(=O)Cc1ccc(F)c(Br)c1. The molecule has 1 heterocycles. The second-order valence-corrected chi connectivity index (χ2v) is 5.09. The predicted octanol–water partition coefficient (Wildman–Crippen LogP) is 3.20. The van der Waals surface area contributed by atoms with Crippen LogP contribution in [-0.2, 0) is 11.2 Å². The third-order valence-corrected chi connectivity index (χ3v) is 3.43. The molecule has 21 heavy (non-hydrogen) atoms. The molecule has 0 N–H and O–H groups in total. The summed E-state index contributed by atoms with van der Waals surface area (Å²) >= 11 is 3.07. The molecule has 2 rings (SSSR count). The van der Waals surface area contributed by atoms with Crippen LogP contribution in [-0.4, -0.2) is 23.8 Å². The molecule has 0 radical (unpaired) electrons. The highest BCUT2D eigenvalue weighted by Crippen LogP contribution is 2.18. The molecule has 0 fully saturated rings. The van der Waals surface area contributed by atoms with Crippen LogP contribution in [0.3, 0.4) is 0 Å². The number of methoxy groups -OCH3 is 1. The number of carbonyl (C=O) groups excluding carboxylic acids is 2. The first-order valence-electron chi connectivity index (χ1n) is 6.03. The van der Waals surface area contributed by atoms with Crippen LogP contribution in [0.4, 0.5) is 4.39 Å². The normalized spacial score (nSPS) is 10.2. The molecule has 0 aliphatic carbocycles. The van der Waals surface area contributed by atoms with Gasteiger partial charge in [-0.25, -0.2) is 9.18 Å². The van der Waals surface area contributed by atoms with Crippen LogP contribution in [0.5, 0.6) is 0 Å². The zero-order chi connectivity index (χ0) is 15.4. The van der Waals surface area contributed by atoms with Gasteiger partial charge in [-0.15, -0.1) is 0 Å². The fraction of sp³-hybridized carbons (Fsp3) is 0.133. The van der Waals surface area contributed by atoms with E-state index in [1.807, 2.05) is 0 Å². The van der Waals surface area contributed by atoms with Crippen molar-refractivity contribution in [2.45, 2.75) is 6.42 Å². The number of carbonyl (C=O) groups is 2. The van der Waals surface area contributed by atoms with E-state index >= 15 is 0 Å². The van der Waals surface area contributed by atoms with Crippen molar-refractivity contribution in [3.05, 3.63) is 63.6 Å². The molecule has 0 aliphatic rings. The Morgan fingerprint density at radius 2 is 2.10 bits per heavy atom. The highest BCUT2D eigenvalue weighted by atomic mass is 79.9. The number of pyridine rings is 1. The minimum absolute atomic E-state index is 0.0138. The first kappa shape index (κ1) is 15.3. The molecule has 0 bridgehead atoms. The minimum atomic E-state index is -0.619. The topological polar surface area (TPSA) is 56.3 Å². The molecule has 1 aromatic carbocycles. The van der Waals surface area contributed by atoms with Crippen molar-refractivity contribution >= 4 is 27.7 Å². The molecule has 0 amide bonds. The summed E-state index contributed by atoms with van der Waals surface area (Å²) in [5.74, 6) is -1.36. The minimum Gasteiger partial charge on any atom is -0.465 e. The van der Waals surface area contributed by atoms with Crippen molar-refractivity contribution in [1.82, 2.24) is 4.98 Å². The number of halogens is 2. The molecule has 0 saturated heterocycles. The Balaban J connectivity index is 2.28. The van der Waals surface area contributed by atoms with Crippen LogP contribution in [0.15, 0.2) is 41.0 Å². The number of ether oxygens (including phenoxy) is 1. The van der Waals surface area contributed by atoms with Gasteiger partial charge in [0.25, 0.3) is 0 Å². The molecule has 0 saturated carbocycles. The van der Waals surface area contributed by atoms with E-state index in [0.29, 0.717) is 5.56 Å². The van der Waals surface area contributed by atoms with Crippen LogP contribution in [0.25, 0.3) is 0 Å². The quantitative estimate of drug-likeness (QED) is 0.626. The monoisotopic (exact) mass is 351 g/mol. The van der Waals surface area contributed by atoms with Crippen LogP contribution in [0.2, 0.25) is 0 Å². The molecule has 108 valence electrons. The van der Waals surface area contributed by atoms with E-state index in [-0.39, 0.29) is 27.9 Å². The Morgan fingerprint density at radius 3 is 2.76 bits per heavy atom. The van der Waals surface area contributed by atoms with Gasteiger partial charge in [-0.1, -0.05) is 6.07 Å². The van der Waals surface area contributed by atoms with Gasteiger partial charge in [0.2, 0.25) is 0 Å². The molecular formula is C15H11BrFNO3. The van der Waals surface area contributed by atoms with E-state index in [9.17, 15) is 14.0 Å². The summed E-state index contributed by atoms with van der Waals surface area (Å²) < 4.78 is 18.1. The van der Waals surface area contributed by atoms with E-state index < -0.39 is 11.8 Å². The van der Waals surface area contributed by atoms with E-state index in [0.717, 1.165) is 0 Å². The van der Waals surface area contributed by atoms with Crippen molar-refractivity contribution in [2.75, 3.05) is 7.11 Å². The smallest absolute Gasteiger partial charge is 0.340 e. The van der Waals surface area contributed by atoms with Crippen molar-refractivity contribution in [1.29, 1.82) is 0 Å². The second kappa shape index (κ2) is 6.58. The Morgan fingerprint density at radius 1 is 1.33 bits per heavy atom. The van der Waals surface area contributed by atoms with Gasteiger partial charge in [-0.3, -0.25) is 9.78 Å². The van der Waals surface area contributed by atoms with E-state index in [4.69, 9.17) is 0 Å². The van der Waals surface area contributed by atoms with Gasteiger partial charge in [-0.05, 0) is 45.8 Å². The lowest BCUT2D eigenvalue weighted by molar-refractivity contribution is 0.0596. The average Bonchev–Trinajstić information content (AvgIpc) is 2.50. The number of esters is 1. The third kappa shape index (κ3) is 3.52. The molecule has 1 aromatic heterocycles.